The van der Waals surface area contributed by atoms with E-state index >= 15 is 0 Å². The van der Waals surface area contributed by atoms with Gasteiger partial charge in [-0.3, -0.25) is 19.7 Å². The van der Waals surface area contributed by atoms with Gasteiger partial charge in [0.2, 0.25) is 11.8 Å². The number of anilines is 1. The Kier molecular flexibility index (Phi) is 4.55. The Morgan fingerprint density at radius 2 is 2.08 bits per heavy atom. The smallest absolute Gasteiger partial charge is 0.404 e. The van der Waals surface area contributed by atoms with Crippen LogP contribution in [0.1, 0.15) is 28.8 Å². The Bertz CT molecular complexity index is 748. The second kappa shape index (κ2) is 6.80. The van der Waals surface area contributed by atoms with Crippen molar-refractivity contribution in [3.05, 3.63) is 29.3 Å². The lowest BCUT2D eigenvalue weighted by molar-refractivity contribution is -0.136. The zero-order valence-electron chi connectivity index (χ0n) is 13.4. The minimum Gasteiger partial charge on any atom is -0.465 e. The van der Waals surface area contributed by atoms with Gasteiger partial charge in [-0.15, -0.1) is 0 Å². The molecule has 0 radical (unpaired) electrons. The number of amides is 4. The summed E-state index contributed by atoms with van der Waals surface area (Å²) in [5, 5.41) is 16.1. The SMILES string of the molecule is O=C(O)NCCNc1ccc2c(c1)CN(C1CCC(=O)NC1=O)C2=O. The van der Waals surface area contributed by atoms with E-state index < -0.39 is 18.0 Å². The molecule has 1 saturated heterocycles. The molecule has 4 N–H and O–H groups in total. The van der Waals surface area contributed by atoms with Gasteiger partial charge in [-0.05, 0) is 30.2 Å². The highest BCUT2D eigenvalue weighted by atomic mass is 16.4. The number of carbonyl (C=O) groups is 4. The summed E-state index contributed by atoms with van der Waals surface area (Å²) in [7, 11) is 0. The lowest BCUT2D eigenvalue weighted by atomic mass is 10.0. The van der Waals surface area contributed by atoms with Crippen molar-refractivity contribution in [2.75, 3.05) is 18.4 Å². The van der Waals surface area contributed by atoms with E-state index in [0.29, 0.717) is 25.1 Å². The zero-order valence-corrected chi connectivity index (χ0v) is 13.4. The Hall–Kier alpha value is -3.10. The third-order valence-corrected chi connectivity index (χ3v) is 4.25. The molecule has 2 heterocycles. The second-order valence-electron chi connectivity index (χ2n) is 5.93. The van der Waals surface area contributed by atoms with Crippen LogP contribution >= 0.6 is 0 Å². The van der Waals surface area contributed by atoms with Crippen molar-refractivity contribution in [2.24, 2.45) is 0 Å². The fourth-order valence-corrected chi connectivity index (χ4v) is 3.06. The minimum absolute atomic E-state index is 0.219. The number of nitrogens with zero attached hydrogens (tertiary/aromatic N) is 1. The van der Waals surface area contributed by atoms with Crippen molar-refractivity contribution in [2.45, 2.75) is 25.4 Å². The number of benzene rings is 1. The van der Waals surface area contributed by atoms with Gasteiger partial charge in [-0.2, -0.15) is 0 Å². The number of hydrogen-bond donors (Lipinski definition) is 4. The highest BCUT2D eigenvalue weighted by molar-refractivity contribution is 6.05. The van der Waals surface area contributed by atoms with Gasteiger partial charge in [-0.1, -0.05) is 0 Å². The summed E-state index contributed by atoms with van der Waals surface area (Å²) in [5.74, 6) is -0.967. The molecule has 4 amide bonds. The zero-order chi connectivity index (χ0) is 18.0. The molecule has 0 bridgehead atoms. The van der Waals surface area contributed by atoms with Gasteiger partial charge in [0.1, 0.15) is 6.04 Å². The molecule has 1 aromatic carbocycles. The molecule has 0 spiro atoms. The maximum atomic E-state index is 12.5. The summed E-state index contributed by atoms with van der Waals surface area (Å²) in [6.07, 6.45) is -0.530. The molecule has 9 heteroatoms. The maximum absolute atomic E-state index is 12.5. The number of imide groups is 1. The topological polar surface area (TPSA) is 128 Å². The van der Waals surface area contributed by atoms with Crippen LogP contribution in [-0.4, -0.2) is 53.0 Å². The van der Waals surface area contributed by atoms with Gasteiger partial charge in [0, 0.05) is 37.3 Å². The van der Waals surface area contributed by atoms with E-state index in [1.54, 1.807) is 12.1 Å². The Morgan fingerprint density at radius 1 is 1.28 bits per heavy atom. The molecule has 3 rings (SSSR count). The molecule has 9 nitrogen and oxygen atoms in total. The number of nitrogens with one attached hydrogen (secondary N) is 3. The van der Waals surface area contributed by atoms with Crippen LogP contribution in [0.25, 0.3) is 0 Å². The number of piperidine rings is 1. The normalized spacial score (nSPS) is 19.4. The predicted molar refractivity (Wildman–Crippen MR) is 87.0 cm³/mol. The fourth-order valence-electron chi connectivity index (χ4n) is 3.06. The summed E-state index contributed by atoms with van der Waals surface area (Å²) in [6.45, 7) is 0.979. The standard InChI is InChI=1S/C16H18N4O5/c21-13-4-3-12(14(22)19-13)20-8-9-7-10(1-2-11(9)15(20)23)17-5-6-18-16(24)25/h1-2,7,12,17-18H,3-6,8H2,(H,24,25)(H,19,21,22). The van der Waals surface area contributed by atoms with Crippen LogP contribution < -0.4 is 16.0 Å². The van der Waals surface area contributed by atoms with Crippen molar-refractivity contribution >= 4 is 29.5 Å². The van der Waals surface area contributed by atoms with Crippen LogP contribution in [0.4, 0.5) is 10.5 Å². The number of carbonyl (C=O) groups excluding carboxylic acids is 3. The highest BCUT2D eigenvalue weighted by Crippen LogP contribution is 2.29. The minimum atomic E-state index is -1.08. The van der Waals surface area contributed by atoms with Gasteiger partial charge in [0.25, 0.3) is 5.91 Å². The average molecular weight is 346 g/mol. The van der Waals surface area contributed by atoms with Gasteiger partial charge >= 0.3 is 6.09 Å². The van der Waals surface area contributed by atoms with E-state index in [9.17, 15) is 19.2 Å². The average Bonchev–Trinajstić information content (AvgIpc) is 2.88. The molecular weight excluding hydrogens is 328 g/mol. The van der Waals surface area contributed by atoms with E-state index in [0.717, 1.165) is 11.3 Å². The third kappa shape index (κ3) is 3.54. The van der Waals surface area contributed by atoms with Crippen LogP contribution in [0.15, 0.2) is 18.2 Å². The summed E-state index contributed by atoms with van der Waals surface area (Å²) in [5.41, 5.74) is 2.11. The van der Waals surface area contributed by atoms with Gasteiger partial charge in [-0.25, -0.2) is 4.79 Å². The van der Waals surface area contributed by atoms with E-state index in [4.69, 9.17) is 5.11 Å². The molecule has 1 atom stereocenters. The van der Waals surface area contributed by atoms with E-state index in [2.05, 4.69) is 16.0 Å². The number of fused-ring (bicyclic) bond motifs is 1. The first kappa shape index (κ1) is 16.7. The van der Waals surface area contributed by atoms with Crippen LogP contribution in [-0.2, 0) is 16.1 Å². The van der Waals surface area contributed by atoms with Crippen LogP contribution in [0.5, 0.6) is 0 Å². The van der Waals surface area contributed by atoms with Crippen molar-refractivity contribution in [1.82, 2.24) is 15.5 Å². The van der Waals surface area contributed by atoms with Gasteiger partial charge in [0.15, 0.2) is 0 Å². The molecule has 1 aromatic rings. The molecule has 0 saturated carbocycles. The van der Waals surface area contributed by atoms with Gasteiger partial charge in [0.05, 0.1) is 0 Å². The molecule has 0 aromatic heterocycles. The van der Waals surface area contributed by atoms with Crippen LogP contribution in [0.3, 0.4) is 0 Å². The summed E-state index contributed by atoms with van der Waals surface area (Å²) < 4.78 is 0. The summed E-state index contributed by atoms with van der Waals surface area (Å²) >= 11 is 0. The third-order valence-electron chi connectivity index (χ3n) is 4.25. The van der Waals surface area contributed by atoms with Crippen molar-refractivity contribution in [1.29, 1.82) is 0 Å². The maximum Gasteiger partial charge on any atom is 0.404 e. The molecule has 1 fully saturated rings. The lowest BCUT2D eigenvalue weighted by Gasteiger charge is -2.29. The fraction of sp³-hybridized carbons (Fsp3) is 0.375. The first-order chi connectivity index (χ1) is 12.0. The number of hydrogen-bond acceptors (Lipinski definition) is 5. The molecule has 2 aliphatic heterocycles. The molecule has 25 heavy (non-hydrogen) atoms. The summed E-state index contributed by atoms with van der Waals surface area (Å²) in [6, 6.07) is 4.62. The van der Waals surface area contributed by atoms with Crippen LogP contribution in [0.2, 0.25) is 0 Å². The Morgan fingerprint density at radius 3 is 2.80 bits per heavy atom. The lowest BCUT2D eigenvalue weighted by Crippen LogP contribution is -2.52. The Labute approximate surface area is 143 Å². The number of rotatable bonds is 5. The second-order valence-corrected chi connectivity index (χ2v) is 5.93. The van der Waals surface area contributed by atoms with Crippen LogP contribution in [0, 0.1) is 0 Å². The number of carboxylic acid groups (broad SMARTS) is 1. The molecular formula is C16H18N4O5. The van der Waals surface area contributed by atoms with E-state index in [-0.39, 0.29) is 24.8 Å². The molecule has 1 unspecified atom stereocenters. The quantitative estimate of drug-likeness (QED) is 0.443. The monoisotopic (exact) mass is 346 g/mol. The van der Waals surface area contributed by atoms with Gasteiger partial charge < -0.3 is 20.6 Å². The Balaban J connectivity index is 1.66. The van der Waals surface area contributed by atoms with Crippen molar-refractivity contribution < 1.29 is 24.3 Å². The van der Waals surface area contributed by atoms with E-state index in [1.807, 2.05) is 6.07 Å². The van der Waals surface area contributed by atoms with Crippen molar-refractivity contribution in [3.8, 4) is 0 Å². The first-order valence-corrected chi connectivity index (χ1v) is 7.94. The summed E-state index contributed by atoms with van der Waals surface area (Å²) in [4.78, 5) is 47.7. The first-order valence-electron chi connectivity index (χ1n) is 7.94. The van der Waals surface area contributed by atoms with E-state index in [1.165, 1.54) is 4.90 Å². The van der Waals surface area contributed by atoms with Crippen molar-refractivity contribution in [3.63, 3.8) is 0 Å². The highest BCUT2D eigenvalue weighted by Gasteiger charge is 2.38. The molecule has 132 valence electrons. The molecule has 0 aliphatic carbocycles. The largest absolute Gasteiger partial charge is 0.465 e. The molecule has 2 aliphatic rings. The predicted octanol–water partition coefficient (Wildman–Crippen LogP) is 0.127.